The van der Waals surface area contributed by atoms with E-state index in [-0.39, 0.29) is 23.7 Å². The SMILES string of the molecule is Cc1c(CN2CC[C@H]3[C@@H](C2)[C@H](c2ccc(F)cc2)CN3C(=O)c2cccnc2)cnn1C. The summed E-state index contributed by atoms with van der Waals surface area (Å²) in [5.41, 5.74) is 4.15. The first-order valence-electron chi connectivity index (χ1n) is 11.2. The molecule has 0 aliphatic carbocycles. The molecular formula is C25H28FN5O. The van der Waals surface area contributed by atoms with Crippen LogP contribution in [0.3, 0.4) is 0 Å². The van der Waals surface area contributed by atoms with Crippen LogP contribution in [0.1, 0.15) is 39.5 Å². The minimum atomic E-state index is -0.232. The van der Waals surface area contributed by atoms with Gasteiger partial charge in [-0.2, -0.15) is 5.10 Å². The Hall–Kier alpha value is -3.06. The van der Waals surface area contributed by atoms with Gasteiger partial charge in [-0.05, 0) is 43.2 Å². The Bertz CT molecular complexity index is 1100. The predicted molar refractivity (Wildman–Crippen MR) is 120 cm³/mol. The Morgan fingerprint density at radius 1 is 1.16 bits per heavy atom. The Balaban J connectivity index is 1.41. The molecule has 166 valence electrons. The van der Waals surface area contributed by atoms with Crippen molar-refractivity contribution < 1.29 is 9.18 Å². The lowest BCUT2D eigenvalue weighted by atomic mass is 9.81. The lowest BCUT2D eigenvalue weighted by Gasteiger charge is -2.39. The molecule has 0 radical (unpaired) electrons. The standard InChI is InChI=1S/C25H28FN5O/c1-17-20(13-28-29(17)2)14-30-11-9-24-23(15-30)22(18-5-7-21(26)8-6-18)16-31(24)25(32)19-4-3-10-27-12-19/h3-8,10,12-13,22-24H,9,11,14-16H2,1-2H3/t22-,23-,24-/m0/s1. The van der Waals surface area contributed by atoms with E-state index in [2.05, 4.69) is 21.9 Å². The summed E-state index contributed by atoms with van der Waals surface area (Å²) in [5.74, 6) is 0.281. The van der Waals surface area contributed by atoms with E-state index in [0.29, 0.717) is 18.0 Å². The van der Waals surface area contributed by atoms with Gasteiger partial charge in [-0.25, -0.2) is 4.39 Å². The van der Waals surface area contributed by atoms with Gasteiger partial charge in [-0.3, -0.25) is 19.4 Å². The molecule has 3 atom stereocenters. The van der Waals surface area contributed by atoms with Crippen molar-refractivity contribution in [3.63, 3.8) is 0 Å². The van der Waals surface area contributed by atoms with Gasteiger partial charge >= 0.3 is 0 Å². The largest absolute Gasteiger partial charge is 0.335 e. The van der Waals surface area contributed by atoms with Gasteiger partial charge in [-0.1, -0.05) is 12.1 Å². The molecular weight excluding hydrogens is 405 g/mol. The van der Waals surface area contributed by atoms with Crippen LogP contribution < -0.4 is 0 Å². The number of aryl methyl sites for hydroxylation is 1. The summed E-state index contributed by atoms with van der Waals surface area (Å²) in [6.45, 7) is 5.44. The van der Waals surface area contributed by atoms with Crippen LogP contribution in [0.15, 0.2) is 55.0 Å². The van der Waals surface area contributed by atoms with E-state index in [1.807, 2.05) is 41.0 Å². The zero-order chi connectivity index (χ0) is 22.2. The summed E-state index contributed by atoms with van der Waals surface area (Å²) in [6, 6.07) is 10.6. The lowest BCUT2D eigenvalue weighted by molar-refractivity contribution is 0.0613. The van der Waals surface area contributed by atoms with Crippen molar-refractivity contribution >= 4 is 5.91 Å². The zero-order valence-electron chi connectivity index (χ0n) is 18.5. The smallest absolute Gasteiger partial charge is 0.255 e. The third-order valence-electron chi connectivity index (χ3n) is 7.21. The Kier molecular flexibility index (Phi) is 5.51. The molecule has 0 bridgehead atoms. The van der Waals surface area contributed by atoms with Crippen LogP contribution in [0.4, 0.5) is 4.39 Å². The summed E-state index contributed by atoms with van der Waals surface area (Å²) in [7, 11) is 1.97. The number of carbonyl (C=O) groups excluding carboxylic acids is 1. The monoisotopic (exact) mass is 433 g/mol. The third kappa shape index (κ3) is 3.81. The van der Waals surface area contributed by atoms with E-state index in [1.54, 1.807) is 18.5 Å². The third-order valence-corrected chi connectivity index (χ3v) is 7.21. The van der Waals surface area contributed by atoms with Crippen LogP contribution in [0.25, 0.3) is 0 Å². The molecule has 32 heavy (non-hydrogen) atoms. The van der Waals surface area contributed by atoms with Crippen molar-refractivity contribution in [1.29, 1.82) is 0 Å². The number of fused-ring (bicyclic) bond motifs is 1. The number of hydrogen-bond acceptors (Lipinski definition) is 4. The molecule has 1 aromatic carbocycles. The highest BCUT2D eigenvalue weighted by Gasteiger charge is 2.47. The second-order valence-electron chi connectivity index (χ2n) is 8.99. The number of hydrogen-bond donors (Lipinski definition) is 0. The molecule has 5 rings (SSSR count). The number of pyridine rings is 1. The molecule has 6 nitrogen and oxygen atoms in total. The molecule has 0 spiro atoms. The normalized spacial score (nSPS) is 23.3. The van der Waals surface area contributed by atoms with Crippen LogP contribution in [0, 0.1) is 18.7 Å². The average molecular weight is 434 g/mol. The molecule has 7 heteroatoms. The van der Waals surface area contributed by atoms with Gasteiger partial charge in [0.05, 0.1) is 11.8 Å². The molecule has 2 aromatic heterocycles. The number of nitrogens with zero attached hydrogens (tertiary/aromatic N) is 5. The fourth-order valence-corrected chi connectivity index (χ4v) is 5.34. The van der Waals surface area contributed by atoms with Crippen molar-refractivity contribution in [2.24, 2.45) is 13.0 Å². The lowest BCUT2D eigenvalue weighted by Crippen LogP contribution is -2.47. The molecule has 4 heterocycles. The van der Waals surface area contributed by atoms with Gasteiger partial charge in [0.15, 0.2) is 0 Å². The highest BCUT2D eigenvalue weighted by molar-refractivity contribution is 5.94. The van der Waals surface area contributed by atoms with Crippen molar-refractivity contribution in [3.8, 4) is 0 Å². The van der Waals surface area contributed by atoms with Crippen LogP contribution in [0.5, 0.6) is 0 Å². The van der Waals surface area contributed by atoms with E-state index >= 15 is 0 Å². The van der Waals surface area contributed by atoms with Crippen LogP contribution >= 0.6 is 0 Å². The second-order valence-corrected chi connectivity index (χ2v) is 8.99. The molecule has 0 unspecified atom stereocenters. The number of halogens is 1. The maximum Gasteiger partial charge on any atom is 0.255 e. The first kappa shape index (κ1) is 20.8. The first-order chi connectivity index (χ1) is 15.5. The topological polar surface area (TPSA) is 54.3 Å². The zero-order valence-corrected chi connectivity index (χ0v) is 18.5. The van der Waals surface area contributed by atoms with Crippen molar-refractivity contribution in [2.75, 3.05) is 19.6 Å². The van der Waals surface area contributed by atoms with Crippen molar-refractivity contribution in [3.05, 3.63) is 83.2 Å². The van der Waals surface area contributed by atoms with Crippen molar-refractivity contribution in [2.45, 2.75) is 31.8 Å². The Labute approximate surface area is 187 Å². The Morgan fingerprint density at radius 3 is 2.66 bits per heavy atom. The minimum absolute atomic E-state index is 0.0364. The molecule has 2 aliphatic heterocycles. The fraction of sp³-hybridized carbons (Fsp3) is 0.400. The van der Waals surface area contributed by atoms with E-state index in [1.165, 1.54) is 23.4 Å². The summed E-state index contributed by atoms with van der Waals surface area (Å²) < 4.78 is 15.5. The maximum absolute atomic E-state index is 13.6. The number of piperidine rings is 1. The Morgan fingerprint density at radius 2 is 1.97 bits per heavy atom. The minimum Gasteiger partial charge on any atom is -0.335 e. The van der Waals surface area contributed by atoms with Gasteiger partial charge in [0.25, 0.3) is 5.91 Å². The van der Waals surface area contributed by atoms with Gasteiger partial charge < -0.3 is 4.90 Å². The number of benzene rings is 1. The molecule has 0 saturated carbocycles. The number of carbonyl (C=O) groups is 1. The molecule has 0 N–H and O–H groups in total. The van der Waals surface area contributed by atoms with Crippen LogP contribution in [-0.4, -0.2) is 56.1 Å². The first-order valence-corrected chi connectivity index (χ1v) is 11.2. The quantitative estimate of drug-likeness (QED) is 0.633. The molecule has 2 saturated heterocycles. The fourth-order valence-electron chi connectivity index (χ4n) is 5.34. The maximum atomic E-state index is 13.6. The van der Waals surface area contributed by atoms with E-state index in [9.17, 15) is 9.18 Å². The van der Waals surface area contributed by atoms with Gasteiger partial charge in [0, 0.05) is 74.8 Å². The predicted octanol–water partition coefficient (Wildman–Crippen LogP) is 3.39. The summed E-state index contributed by atoms with van der Waals surface area (Å²) in [6.07, 6.45) is 6.20. The number of rotatable bonds is 4. The molecule has 1 amide bonds. The molecule has 2 aliphatic rings. The van der Waals surface area contributed by atoms with Crippen LogP contribution in [-0.2, 0) is 13.6 Å². The van der Waals surface area contributed by atoms with E-state index < -0.39 is 0 Å². The van der Waals surface area contributed by atoms with Crippen molar-refractivity contribution in [1.82, 2.24) is 24.6 Å². The van der Waals surface area contributed by atoms with Gasteiger partial charge in [0.2, 0.25) is 0 Å². The summed E-state index contributed by atoms with van der Waals surface area (Å²) >= 11 is 0. The summed E-state index contributed by atoms with van der Waals surface area (Å²) in [5, 5.41) is 4.38. The number of aromatic nitrogens is 3. The molecule has 3 aromatic rings. The number of likely N-dealkylation sites (tertiary alicyclic amines) is 2. The molecule has 2 fully saturated rings. The summed E-state index contributed by atoms with van der Waals surface area (Å²) in [4.78, 5) is 22.0. The van der Waals surface area contributed by atoms with E-state index in [0.717, 1.165) is 31.6 Å². The van der Waals surface area contributed by atoms with Gasteiger partial charge in [0.1, 0.15) is 5.82 Å². The average Bonchev–Trinajstić information content (AvgIpc) is 3.35. The highest BCUT2D eigenvalue weighted by atomic mass is 19.1. The highest BCUT2D eigenvalue weighted by Crippen LogP contribution is 2.42. The van der Waals surface area contributed by atoms with E-state index in [4.69, 9.17) is 0 Å². The number of amides is 1. The van der Waals surface area contributed by atoms with Crippen LogP contribution in [0.2, 0.25) is 0 Å². The van der Waals surface area contributed by atoms with Gasteiger partial charge in [-0.15, -0.1) is 0 Å². The second kappa shape index (κ2) is 8.47.